The Morgan fingerprint density at radius 1 is 1.44 bits per heavy atom. The highest BCUT2D eigenvalue weighted by Gasteiger charge is 2.28. The zero-order valence-corrected chi connectivity index (χ0v) is 11.6. The largest absolute Gasteiger partial charge is 0.275 e. The fourth-order valence-corrected chi connectivity index (χ4v) is 3.32. The highest BCUT2D eigenvalue weighted by molar-refractivity contribution is 5.11. The minimum atomic E-state index is 0.265. The minimum absolute atomic E-state index is 0.265. The topological polar surface area (TPSA) is 55.9 Å². The van der Waals surface area contributed by atoms with E-state index in [-0.39, 0.29) is 6.04 Å². The highest BCUT2D eigenvalue weighted by Crippen LogP contribution is 2.37. The summed E-state index contributed by atoms with van der Waals surface area (Å²) >= 11 is 0. The van der Waals surface area contributed by atoms with Crippen molar-refractivity contribution in [3.8, 4) is 0 Å². The zero-order chi connectivity index (χ0) is 13.0. The molecule has 2 rings (SSSR count). The molecule has 1 fully saturated rings. The number of rotatable bonds is 5. The van der Waals surface area contributed by atoms with Gasteiger partial charge in [0.15, 0.2) is 0 Å². The van der Waals surface area contributed by atoms with Gasteiger partial charge in [0.1, 0.15) is 0 Å². The Morgan fingerprint density at radius 2 is 2.17 bits per heavy atom. The first kappa shape index (κ1) is 13.6. The Bertz CT molecular complexity index is 352. The number of hydrogen-bond acceptors (Lipinski definition) is 3. The maximum Gasteiger partial charge on any atom is 0.0538 e. The Kier molecular flexibility index (Phi) is 4.78. The number of nitrogens with one attached hydrogen (secondary N) is 1. The zero-order valence-electron chi connectivity index (χ0n) is 11.6. The van der Waals surface area contributed by atoms with Gasteiger partial charge in [0, 0.05) is 18.8 Å². The number of aromatic nitrogens is 2. The van der Waals surface area contributed by atoms with E-state index in [9.17, 15) is 0 Å². The maximum atomic E-state index is 5.75. The molecule has 0 spiro atoms. The molecule has 1 heterocycles. The third kappa shape index (κ3) is 3.12. The van der Waals surface area contributed by atoms with Gasteiger partial charge in [-0.05, 0) is 24.7 Å². The molecule has 1 unspecified atom stereocenters. The van der Waals surface area contributed by atoms with Crippen LogP contribution in [0.15, 0.2) is 12.4 Å². The normalized spacial score (nSPS) is 26.2. The van der Waals surface area contributed by atoms with Gasteiger partial charge in [0.2, 0.25) is 0 Å². The molecule has 1 aliphatic carbocycles. The van der Waals surface area contributed by atoms with Gasteiger partial charge in [-0.3, -0.25) is 16.0 Å². The van der Waals surface area contributed by atoms with Crippen molar-refractivity contribution in [3.63, 3.8) is 0 Å². The molecule has 102 valence electrons. The van der Waals surface area contributed by atoms with E-state index in [2.05, 4.69) is 23.6 Å². The number of aryl methyl sites for hydroxylation is 1. The predicted molar refractivity (Wildman–Crippen MR) is 73.6 cm³/mol. The van der Waals surface area contributed by atoms with Crippen molar-refractivity contribution in [2.45, 2.75) is 51.5 Å². The lowest BCUT2D eigenvalue weighted by Crippen LogP contribution is -2.35. The Morgan fingerprint density at radius 3 is 2.67 bits per heavy atom. The van der Waals surface area contributed by atoms with E-state index in [1.54, 1.807) is 0 Å². The molecule has 1 saturated carbocycles. The summed E-state index contributed by atoms with van der Waals surface area (Å²) in [5, 5.41) is 4.25. The van der Waals surface area contributed by atoms with Crippen LogP contribution in [0.4, 0.5) is 0 Å². The van der Waals surface area contributed by atoms with E-state index in [4.69, 9.17) is 5.84 Å². The summed E-state index contributed by atoms with van der Waals surface area (Å²) in [7, 11) is 1.95. The second-order valence-corrected chi connectivity index (χ2v) is 5.66. The van der Waals surface area contributed by atoms with Gasteiger partial charge in [0.05, 0.1) is 12.2 Å². The van der Waals surface area contributed by atoms with Crippen LogP contribution in [0.1, 0.15) is 57.1 Å². The van der Waals surface area contributed by atoms with E-state index in [1.165, 1.54) is 44.1 Å². The van der Waals surface area contributed by atoms with Gasteiger partial charge < -0.3 is 0 Å². The molecule has 1 aliphatic rings. The molecule has 0 aliphatic heterocycles. The average Bonchev–Trinajstić information content (AvgIpc) is 2.79. The fourth-order valence-electron chi connectivity index (χ4n) is 3.32. The molecule has 18 heavy (non-hydrogen) atoms. The highest BCUT2D eigenvalue weighted by atomic mass is 15.3. The maximum absolute atomic E-state index is 5.75. The molecule has 0 saturated heterocycles. The van der Waals surface area contributed by atoms with Crippen molar-refractivity contribution in [1.29, 1.82) is 0 Å². The summed E-state index contributed by atoms with van der Waals surface area (Å²) in [6.45, 7) is 2.28. The Labute approximate surface area is 110 Å². The molecular weight excluding hydrogens is 224 g/mol. The SMILES string of the molecule is CCCC1CCC(C(NN)c2cnn(C)c2)CC1. The molecule has 0 aromatic carbocycles. The van der Waals surface area contributed by atoms with Crippen LogP contribution >= 0.6 is 0 Å². The number of nitrogens with two attached hydrogens (primary N) is 1. The van der Waals surface area contributed by atoms with Crippen molar-refractivity contribution < 1.29 is 0 Å². The molecule has 0 radical (unpaired) electrons. The van der Waals surface area contributed by atoms with E-state index < -0.39 is 0 Å². The molecule has 1 aromatic heterocycles. The summed E-state index contributed by atoms with van der Waals surface area (Å²) in [6, 6.07) is 0.265. The number of hydrogen-bond donors (Lipinski definition) is 2. The van der Waals surface area contributed by atoms with Crippen LogP contribution < -0.4 is 11.3 Å². The van der Waals surface area contributed by atoms with Gasteiger partial charge in [-0.15, -0.1) is 0 Å². The lowest BCUT2D eigenvalue weighted by Gasteiger charge is -2.33. The number of hydrazine groups is 1. The molecule has 4 nitrogen and oxygen atoms in total. The molecule has 3 N–H and O–H groups in total. The van der Waals surface area contributed by atoms with Gasteiger partial charge in [0.25, 0.3) is 0 Å². The second-order valence-electron chi connectivity index (χ2n) is 5.66. The van der Waals surface area contributed by atoms with Crippen molar-refractivity contribution in [2.24, 2.45) is 24.7 Å². The third-order valence-electron chi connectivity index (χ3n) is 4.32. The summed E-state index contributed by atoms with van der Waals surface area (Å²) in [4.78, 5) is 0. The van der Waals surface area contributed by atoms with E-state index >= 15 is 0 Å². The first-order valence-electron chi connectivity index (χ1n) is 7.19. The van der Waals surface area contributed by atoms with Crippen LogP contribution in [-0.2, 0) is 7.05 Å². The summed E-state index contributed by atoms with van der Waals surface area (Å²) in [5.74, 6) is 7.35. The van der Waals surface area contributed by atoms with Crippen LogP contribution in [0.2, 0.25) is 0 Å². The predicted octanol–water partition coefficient (Wildman–Crippen LogP) is 2.53. The lowest BCUT2D eigenvalue weighted by molar-refractivity contribution is 0.215. The van der Waals surface area contributed by atoms with Crippen LogP contribution in [-0.4, -0.2) is 9.78 Å². The third-order valence-corrected chi connectivity index (χ3v) is 4.32. The smallest absolute Gasteiger partial charge is 0.0538 e. The van der Waals surface area contributed by atoms with Crippen molar-refractivity contribution in [2.75, 3.05) is 0 Å². The van der Waals surface area contributed by atoms with Crippen LogP contribution in [0.3, 0.4) is 0 Å². The van der Waals surface area contributed by atoms with Gasteiger partial charge in [-0.1, -0.05) is 32.6 Å². The summed E-state index contributed by atoms with van der Waals surface area (Å²) in [6.07, 6.45) is 12.0. The molecule has 0 bridgehead atoms. The first-order chi connectivity index (χ1) is 8.74. The van der Waals surface area contributed by atoms with E-state index in [0.29, 0.717) is 5.92 Å². The van der Waals surface area contributed by atoms with Crippen molar-refractivity contribution in [1.82, 2.24) is 15.2 Å². The Balaban J connectivity index is 1.94. The second kappa shape index (κ2) is 6.34. The fraction of sp³-hybridized carbons (Fsp3) is 0.786. The van der Waals surface area contributed by atoms with Crippen LogP contribution in [0.5, 0.6) is 0 Å². The van der Waals surface area contributed by atoms with Gasteiger partial charge in [-0.25, -0.2) is 0 Å². The lowest BCUT2D eigenvalue weighted by atomic mass is 9.76. The molecule has 1 aromatic rings. The monoisotopic (exact) mass is 250 g/mol. The summed E-state index contributed by atoms with van der Waals surface area (Å²) < 4.78 is 1.85. The van der Waals surface area contributed by atoms with Crippen LogP contribution in [0, 0.1) is 11.8 Å². The average molecular weight is 250 g/mol. The quantitative estimate of drug-likeness (QED) is 0.623. The van der Waals surface area contributed by atoms with E-state index in [0.717, 1.165) is 5.92 Å². The van der Waals surface area contributed by atoms with Gasteiger partial charge in [-0.2, -0.15) is 5.10 Å². The molecule has 4 heteroatoms. The minimum Gasteiger partial charge on any atom is -0.275 e. The van der Waals surface area contributed by atoms with Crippen LogP contribution in [0.25, 0.3) is 0 Å². The molecule has 1 atom stereocenters. The Hall–Kier alpha value is -0.870. The molecular formula is C14H26N4. The molecule has 0 amide bonds. The first-order valence-corrected chi connectivity index (χ1v) is 7.19. The summed E-state index contributed by atoms with van der Waals surface area (Å²) in [5.41, 5.74) is 4.22. The number of nitrogens with zero attached hydrogens (tertiary/aromatic N) is 2. The standard InChI is InChI=1S/C14H26N4/c1-3-4-11-5-7-12(8-6-11)14(17-15)13-9-16-18(2)10-13/h9-12,14,17H,3-8,15H2,1-2H3. The van der Waals surface area contributed by atoms with Crippen molar-refractivity contribution in [3.05, 3.63) is 18.0 Å². The van der Waals surface area contributed by atoms with Gasteiger partial charge >= 0.3 is 0 Å². The van der Waals surface area contributed by atoms with E-state index in [1.807, 2.05) is 17.9 Å². The van der Waals surface area contributed by atoms with Crippen molar-refractivity contribution >= 4 is 0 Å².